The number of nitrogens with zero attached hydrogens (tertiary/aromatic N) is 2. The van der Waals surface area contributed by atoms with Gasteiger partial charge in [-0.05, 0) is 19.1 Å². The van der Waals surface area contributed by atoms with Gasteiger partial charge in [0.15, 0.2) is 0 Å². The molecule has 1 unspecified atom stereocenters. The summed E-state index contributed by atoms with van der Waals surface area (Å²) in [5.41, 5.74) is 0.000674. The largest absolute Gasteiger partial charge is 0.469 e. The molecule has 2 rings (SSSR count). The molecular formula is C13H19N3OS. The summed E-state index contributed by atoms with van der Waals surface area (Å²) < 4.78 is 9.71. The minimum Gasteiger partial charge on any atom is -0.469 e. The maximum Gasteiger partial charge on any atom is 0.202 e. The fourth-order valence-electron chi connectivity index (χ4n) is 1.58. The van der Waals surface area contributed by atoms with Gasteiger partial charge in [-0.3, -0.25) is 0 Å². The van der Waals surface area contributed by atoms with E-state index < -0.39 is 0 Å². The normalized spacial score (nSPS) is 13.6. The van der Waals surface area contributed by atoms with Crippen LogP contribution in [0.1, 0.15) is 39.3 Å². The summed E-state index contributed by atoms with van der Waals surface area (Å²) in [6.45, 7) is 8.46. The molecule has 5 heteroatoms. The molecule has 0 radical (unpaired) electrons. The molecule has 0 saturated carbocycles. The van der Waals surface area contributed by atoms with Crippen LogP contribution in [-0.2, 0) is 11.8 Å². The first kappa shape index (κ1) is 13.1. The van der Waals surface area contributed by atoms with Crippen LogP contribution >= 0.6 is 11.5 Å². The summed E-state index contributed by atoms with van der Waals surface area (Å²) in [6.07, 6.45) is 2.54. The Morgan fingerprint density at radius 2 is 2.22 bits per heavy atom. The van der Waals surface area contributed by atoms with Crippen LogP contribution in [0.5, 0.6) is 0 Å². The van der Waals surface area contributed by atoms with Crippen molar-refractivity contribution in [2.75, 3.05) is 5.32 Å². The molecule has 1 N–H and O–H groups in total. The first-order valence-corrected chi connectivity index (χ1v) is 6.85. The predicted octanol–water partition coefficient (Wildman–Crippen LogP) is 3.47. The number of hydrogen-bond acceptors (Lipinski definition) is 5. The molecule has 18 heavy (non-hydrogen) atoms. The SMILES string of the molecule is CC(Cc1ccco1)Nc1nc(C(C)(C)C)ns1. The molecule has 0 aliphatic rings. The third kappa shape index (κ3) is 3.32. The molecule has 2 aromatic heterocycles. The lowest BCUT2D eigenvalue weighted by Gasteiger charge is -2.13. The van der Waals surface area contributed by atoms with Crippen LogP contribution in [0.4, 0.5) is 5.13 Å². The van der Waals surface area contributed by atoms with Gasteiger partial charge in [-0.1, -0.05) is 20.8 Å². The van der Waals surface area contributed by atoms with E-state index in [2.05, 4.69) is 42.4 Å². The molecule has 0 aromatic carbocycles. The maximum absolute atomic E-state index is 5.33. The molecule has 0 spiro atoms. The second-order valence-corrected chi connectivity index (χ2v) is 6.25. The van der Waals surface area contributed by atoms with Gasteiger partial charge in [0.25, 0.3) is 0 Å². The van der Waals surface area contributed by atoms with Gasteiger partial charge in [0.2, 0.25) is 5.13 Å². The molecule has 0 saturated heterocycles. The summed E-state index contributed by atoms with van der Waals surface area (Å²) in [6, 6.07) is 4.17. The standard InChI is InChI=1S/C13H19N3OS/c1-9(8-10-6-5-7-17-10)14-12-15-11(16-18-12)13(2,3)4/h5-7,9H,8H2,1-4H3,(H,14,15,16). The van der Waals surface area contributed by atoms with Gasteiger partial charge in [0.05, 0.1) is 6.26 Å². The van der Waals surface area contributed by atoms with E-state index in [9.17, 15) is 0 Å². The quantitative estimate of drug-likeness (QED) is 0.919. The smallest absolute Gasteiger partial charge is 0.202 e. The van der Waals surface area contributed by atoms with E-state index in [-0.39, 0.29) is 11.5 Å². The Hall–Kier alpha value is -1.36. The van der Waals surface area contributed by atoms with Crippen LogP contribution in [0.2, 0.25) is 0 Å². The van der Waals surface area contributed by atoms with Crippen molar-refractivity contribution in [2.24, 2.45) is 0 Å². The number of rotatable bonds is 4. The van der Waals surface area contributed by atoms with Gasteiger partial charge in [-0.25, -0.2) is 4.98 Å². The summed E-state index contributed by atoms with van der Waals surface area (Å²) in [4.78, 5) is 4.52. The molecule has 1 atom stereocenters. The van der Waals surface area contributed by atoms with E-state index in [0.29, 0.717) is 0 Å². The lowest BCUT2D eigenvalue weighted by atomic mass is 9.96. The van der Waals surface area contributed by atoms with Crippen LogP contribution in [0, 0.1) is 0 Å². The minimum atomic E-state index is 0.000674. The third-order valence-corrected chi connectivity index (χ3v) is 3.20. The van der Waals surface area contributed by atoms with Crippen LogP contribution in [0.3, 0.4) is 0 Å². The van der Waals surface area contributed by atoms with E-state index >= 15 is 0 Å². The topological polar surface area (TPSA) is 51.0 Å². The lowest BCUT2D eigenvalue weighted by molar-refractivity contribution is 0.497. The van der Waals surface area contributed by atoms with Crippen molar-refractivity contribution in [3.63, 3.8) is 0 Å². The number of furan rings is 1. The second kappa shape index (κ2) is 5.10. The van der Waals surface area contributed by atoms with E-state index in [0.717, 1.165) is 23.1 Å². The van der Waals surface area contributed by atoms with Gasteiger partial charge in [0, 0.05) is 29.4 Å². The van der Waals surface area contributed by atoms with Crippen LogP contribution in [0.25, 0.3) is 0 Å². The monoisotopic (exact) mass is 265 g/mol. The molecule has 0 aliphatic heterocycles. The third-order valence-electron chi connectivity index (χ3n) is 2.55. The highest BCUT2D eigenvalue weighted by atomic mass is 32.1. The van der Waals surface area contributed by atoms with Crippen molar-refractivity contribution in [1.82, 2.24) is 9.36 Å². The summed E-state index contributed by atoms with van der Waals surface area (Å²) in [5.74, 6) is 1.87. The summed E-state index contributed by atoms with van der Waals surface area (Å²) in [5, 5.41) is 4.23. The average Bonchev–Trinajstić information content (AvgIpc) is 2.87. The van der Waals surface area contributed by atoms with E-state index in [1.807, 2.05) is 12.1 Å². The Balaban J connectivity index is 1.95. The Morgan fingerprint density at radius 3 is 2.78 bits per heavy atom. The summed E-state index contributed by atoms with van der Waals surface area (Å²) >= 11 is 1.41. The molecule has 98 valence electrons. The van der Waals surface area contributed by atoms with Crippen LogP contribution < -0.4 is 5.32 Å². The van der Waals surface area contributed by atoms with Crippen LogP contribution in [-0.4, -0.2) is 15.4 Å². The summed E-state index contributed by atoms with van der Waals surface area (Å²) in [7, 11) is 0. The molecule has 2 aromatic rings. The lowest BCUT2D eigenvalue weighted by Crippen LogP contribution is -2.18. The van der Waals surface area contributed by atoms with Gasteiger partial charge < -0.3 is 9.73 Å². The molecular weight excluding hydrogens is 246 g/mol. The molecule has 0 aliphatic carbocycles. The van der Waals surface area contributed by atoms with Crippen molar-refractivity contribution >= 4 is 16.7 Å². The molecule has 0 amide bonds. The van der Waals surface area contributed by atoms with Crippen molar-refractivity contribution in [3.05, 3.63) is 30.0 Å². The Morgan fingerprint density at radius 1 is 1.44 bits per heavy atom. The zero-order chi connectivity index (χ0) is 13.2. The Labute approximate surface area is 112 Å². The highest BCUT2D eigenvalue weighted by Crippen LogP contribution is 2.23. The Bertz CT molecular complexity index is 485. The fourth-order valence-corrected chi connectivity index (χ4v) is 2.45. The maximum atomic E-state index is 5.33. The Kier molecular flexibility index (Phi) is 3.71. The fraction of sp³-hybridized carbons (Fsp3) is 0.538. The zero-order valence-electron chi connectivity index (χ0n) is 11.2. The van der Waals surface area contributed by atoms with Gasteiger partial charge >= 0.3 is 0 Å². The number of nitrogens with one attached hydrogen (secondary N) is 1. The predicted molar refractivity (Wildman–Crippen MR) is 74.1 cm³/mol. The number of aromatic nitrogens is 2. The molecule has 2 heterocycles. The number of anilines is 1. The first-order valence-electron chi connectivity index (χ1n) is 6.08. The van der Waals surface area contributed by atoms with Crippen molar-refractivity contribution < 1.29 is 4.42 Å². The highest BCUT2D eigenvalue weighted by molar-refractivity contribution is 7.09. The van der Waals surface area contributed by atoms with Crippen molar-refractivity contribution in [1.29, 1.82) is 0 Å². The van der Waals surface area contributed by atoms with Gasteiger partial charge in [-0.2, -0.15) is 4.37 Å². The molecule has 4 nitrogen and oxygen atoms in total. The highest BCUT2D eigenvalue weighted by Gasteiger charge is 2.20. The molecule has 0 bridgehead atoms. The van der Waals surface area contributed by atoms with E-state index in [1.54, 1.807) is 6.26 Å². The minimum absolute atomic E-state index is 0.000674. The van der Waals surface area contributed by atoms with Gasteiger partial charge in [0.1, 0.15) is 11.6 Å². The first-order chi connectivity index (χ1) is 8.45. The number of hydrogen-bond donors (Lipinski definition) is 1. The van der Waals surface area contributed by atoms with Crippen molar-refractivity contribution in [2.45, 2.75) is 45.6 Å². The zero-order valence-corrected chi connectivity index (χ0v) is 12.0. The van der Waals surface area contributed by atoms with E-state index in [1.165, 1.54) is 11.5 Å². The van der Waals surface area contributed by atoms with Crippen molar-refractivity contribution in [3.8, 4) is 0 Å². The average molecular weight is 265 g/mol. The van der Waals surface area contributed by atoms with Gasteiger partial charge in [-0.15, -0.1) is 0 Å². The second-order valence-electron chi connectivity index (χ2n) is 5.50. The molecule has 0 fully saturated rings. The van der Waals surface area contributed by atoms with Crippen LogP contribution in [0.15, 0.2) is 22.8 Å². The van der Waals surface area contributed by atoms with E-state index in [4.69, 9.17) is 4.42 Å².